The van der Waals surface area contributed by atoms with E-state index in [1.807, 2.05) is 4.90 Å². The van der Waals surface area contributed by atoms with Gasteiger partial charge in [0.05, 0.1) is 12.8 Å². The molecule has 0 aromatic heterocycles. The molecule has 1 saturated heterocycles. The molecule has 0 unspecified atom stereocenters. The Morgan fingerprint density at radius 2 is 1.87 bits per heavy atom. The summed E-state index contributed by atoms with van der Waals surface area (Å²) in [6, 6.07) is 5.04. The van der Waals surface area contributed by atoms with Gasteiger partial charge < -0.3 is 9.64 Å². The molecule has 1 aliphatic heterocycles. The first-order valence-corrected chi connectivity index (χ1v) is 8.30. The smallest absolute Gasteiger partial charge is 0.242 e. The number of anilines is 1. The molecule has 1 aromatic rings. The molecule has 1 aromatic carbocycles. The highest BCUT2D eigenvalue weighted by Gasteiger charge is 2.23. The Balaban J connectivity index is 2.20. The Morgan fingerprint density at radius 1 is 1.22 bits per heavy atom. The van der Waals surface area contributed by atoms with Crippen molar-refractivity contribution in [1.29, 1.82) is 0 Å². The highest BCUT2D eigenvalue weighted by Crippen LogP contribution is 2.31. The van der Waals surface area contributed by atoms with E-state index in [0.29, 0.717) is 16.5 Å². The minimum Gasteiger partial charge on any atom is -0.495 e. The van der Waals surface area contributed by atoms with Crippen LogP contribution in [-0.4, -0.2) is 43.5 Å². The summed E-state index contributed by atoms with van der Waals surface area (Å²) in [5.74, 6) is 0.270. The first-order chi connectivity index (χ1) is 11.0. The van der Waals surface area contributed by atoms with Crippen LogP contribution in [0, 0.1) is 0 Å². The average Bonchev–Trinajstić information content (AvgIpc) is 2.81. The van der Waals surface area contributed by atoms with Crippen LogP contribution in [0.4, 0.5) is 5.69 Å². The Kier molecular flexibility index (Phi) is 6.28. The number of nitrogens with zero attached hydrogens (tertiary/aromatic N) is 2. The standard InChI is InChI=1S/C17H23ClN2O3/c1-13(21)20(15-11-14(18)7-8-16(15)23-2)12-17(22)19-9-5-3-4-6-10-19/h7-8,11H,3-6,9-10,12H2,1-2H3. The first kappa shape index (κ1) is 17.6. The van der Waals surface area contributed by atoms with Gasteiger partial charge in [-0.25, -0.2) is 0 Å². The number of rotatable bonds is 4. The molecule has 0 spiro atoms. The summed E-state index contributed by atoms with van der Waals surface area (Å²) in [4.78, 5) is 27.9. The van der Waals surface area contributed by atoms with E-state index in [1.54, 1.807) is 18.2 Å². The molecule has 1 aliphatic rings. The fourth-order valence-corrected chi connectivity index (χ4v) is 2.96. The van der Waals surface area contributed by atoms with Crippen LogP contribution in [0.15, 0.2) is 18.2 Å². The fraction of sp³-hybridized carbons (Fsp3) is 0.529. The Labute approximate surface area is 142 Å². The summed E-state index contributed by atoms with van der Waals surface area (Å²) < 4.78 is 5.30. The number of carbonyl (C=O) groups excluding carboxylic acids is 2. The third-order valence-electron chi connectivity index (χ3n) is 4.06. The Bertz CT molecular complexity index is 569. The van der Waals surface area contributed by atoms with E-state index in [2.05, 4.69) is 0 Å². The quantitative estimate of drug-likeness (QED) is 0.847. The molecule has 0 atom stereocenters. The van der Waals surface area contributed by atoms with Gasteiger partial charge in [-0.05, 0) is 31.0 Å². The summed E-state index contributed by atoms with van der Waals surface area (Å²) in [7, 11) is 1.53. The molecular formula is C17H23ClN2O3. The van der Waals surface area contributed by atoms with Gasteiger partial charge in [0.2, 0.25) is 11.8 Å². The van der Waals surface area contributed by atoms with E-state index in [0.717, 1.165) is 38.8 Å². The van der Waals surface area contributed by atoms with E-state index in [1.165, 1.54) is 18.9 Å². The first-order valence-electron chi connectivity index (χ1n) is 7.92. The maximum atomic E-state index is 12.6. The van der Waals surface area contributed by atoms with Crippen LogP contribution in [0.1, 0.15) is 32.6 Å². The number of hydrogen-bond donors (Lipinski definition) is 0. The van der Waals surface area contributed by atoms with Crippen molar-refractivity contribution in [3.05, 3.63) is 23.2 Å². The van der Waals surface area contributed by atoms with E-state index in [-0.39, 0.29) is 18.4 Å². The summed E-state index contributed by atoms with van der Waals surface area (Å²) in [6.07, 6.45) is 4.35. The lowest BCUT2D eigenvalue weighted by Gasteiger charge is -2.27. The van der Waals surface area contributed by atoms with Crippen LogP contribution >= 0.6 is 11.6 Å². The van der Waals surface area contributed by atoms with Gasteiger partial charge in [0, 0.05) is 25.0 Å². The largest absolute Gasteiger partial charge is 0.495 e. The molecule has 0 aliphatic carbocycles. The van der Waals surface area contributed by atoms with Crippen molar-refractivity contribution in [3.63, 3.8) is 0 Å². The second-order valence-electron chi connectivity index (χ2n) is 5.72. The summed E-state index contributed by atoms with van der Waals surface area (Å²) >= 11 is 6.04. The zero-order chi connectivity index (χ0) is 16.8. The summed E-state index contributed by atoms with van der Waals surface area (Å²) in [5, 5.41) is 0.495. The number of carbonyl (C=O) groups is 2. The average molecular weight is 339 g/mol. The maximum absolute atomic E-state index is 12.6. The highest BCUT2D eigenvalue weighted by atomic mass is 35.5. The molecule has 1 heterocycles. The predicted molar refractivity (Wildman–Crippen MR) is 91.1 cm³/mol. The molecule has 23 heavy (non-hydrogen) atoms. The van der Waals surface area contributed by atoms with Crippen LogP contribution in [0.2, 0.25) is 5.02 Å². The third-order valence-corrected chi connectivity index (χ3v) is 4.30. The van der Waals surface area contributed by atoms with Crippen molar-refractivity contribution in [3.8, 4) is 5.75 Å². The van der Waals surface area contributed by atoms with Crippen LogP contribution < -0.4 is 9.64 Å². The molecule has 5 nitrogen and oxygen atoms in total. The molecule has 0 N–H and O–H groups in total. The van der Waals surface area contributed by atoms with Crippen LogP contribution in [0.5, 0.6) is 5.75 Å². The molecule has 6 heteroatoms. The van der Waals surface area contributed by atoms with Crippen LogP contribution in [0.25, 0.3) is 0 Å². The fourth-order valence-electron chi connectivity index (χ4n) is 2.80. The number of likely N-dealkylation sites (tertiary alicyclic amines) is 1. The lowest BCUT2D eigenvalue weighted by Crippen LogP contribution is -2.42. The number of hydrogen-bond acceptors (Lipinski definition) is 3. The SMILES string of the molecule is COc1ccc(Cl)cc1N(CC(=O)N1CCCCCC1)C(C)=O. The second-order valence-corrected chi connectivity index (χ2v) is 6.15. The number of halogens is 1. The molecular weight excluding hydrogens is 316 g/mol. The maximum Gasteiger partial charge on any atom is 0.242 e. The van der Waals surface area contributed by atoms with Gasteiger partial charge in [-0.15, -0.1) is 0 Å². The van der Waals surface area contributed by atoms with Crippen LogP contribution in [0.3, 0.4) is 0 Å². The normalized spacial score (nSPS) is 15.0. The Hall–Kier alpha value is -1.75. The minimum absolute atomic E-state index is 0.00599. The van der Waals surface area contributed by atoms with Crippen molar-refractivity contribution in [2.75, 3.05) is 31.6 Å². The zero-order valence-electron chi connectivity index (χ0n) is 13.7. The molecule has 126 valence electrons. The zero-order valence-corrected chi connectivity index (χ0v) is 14.4. The van der Waals surface area contributed by atoms with Gasteiger partial charge in [-0.3, -0.25) is 14.5 Å². The third kappa shape index (κ3) is 4.61. The van der Waals surface area contributed by atoms with Crippen molar-refractivity contribution in [2.24, 2.45) is 0 Å². The molecule has 0 saturated carbocycles. The summed E-state index contributed by atoms with van der Waals surface area (Å²) in [5.41, 5.74) is 0.524. The highest BCUT2D eigenvalue weighted by molar-refractivity contribution is 6.31. The number of amides is 2. The molecule has 0 bridgehead atoms. The lowest BCUT2D eigenvalue weighted by molar-refractivity contribution is -0.131. The van der Waals surface area contributed by atoms with E-state index in [4.69, 9.17) is 16.3 Å². The van der Waals surface area contributed by atoms with Crippen LogP contribution in [-0.2, 0) is 9.59 Å². The van der Waals surface area contributed by atoms with Gasteiger partial charge in [-0.1, -0.05) is 24.4 Å². The number of ether oxygens (including phenoxy) is 1. The molecule has 1 fully saturated rings. The van der Waals surface area contributed by atoms with Crippen molar-refractivity contribution in [1.82, 2.24) is 4.90 Å². The van der Waals surface area contributed by atoms with Gasteiger partial charge in [0.15, 0.2) is 0 Å². The molecule has 2 amide bonds. The second kappa shape index (κ2) is 8.20. The molecule has 0 radical (unpaired) electrons. The monoisotopic (exact) mass is 338 g/mol. The number of methoxy groups -OCH3 is 1. The minimum atomic E-state index is -0.214. The van der Waals surface area contributed by atoms with Crippen molar-refractivity contribution in [2.45, 2.75) is 32.6 Å². The van der Waals surface area contributed by atoms with E-state index in [9.17, 15) is 9.59 Å². The predicted octanol–water partition coefficient (Wildman–Crippen LogP) is 3.10. The van der Waals surface area contributed by atoms with Gasteiger partial charge in [0.25, 0.3) is 0 Å². The Morgan fingerprint density at radius 3 is 2.43 bits per heavy atom. The van der Waals surface area contributed by atoms with Gasteiger partial charge in [0.1, 0.15) is 12.3 Å². The molecule has 2 rings (SSSR count). The van der Waals surface area contributed by atoms with E-state index < -0.39 is 0 Å². The number of benzene rings is 1. The van der Waals surface area contributed by atoms with Gasteiger partial charge in [-0.2, -0.15) is 0 Å². The lowest BCUT2D eigenvalue weighted by atomic mass is 10.2. The van der Waals surface area contributed by atoms with Crippen molar-refractivity contribution < 1.29 is 14.3 Å². The topological polar surface area (TPSA) is 49.9 Å². The van der Waals surface area contributed by atoms with E-state index >= 15 is 0 Å². The van der Waals surface area contributed by atoms with Crippen molar-refractivity contribution >= 4 is 29.1 Å². The van der Waals surface area contributed by atoms with Gasteiger partial charge >= 0.3 is 0 Å². The summed E-state index contributed by atoms with van der Waals surface area (Å²) in [6.45, 7) is 2.97.